The molecule has 2 fully saturated rings. The lowest BCUT2D eigenvalue weighted by Crippen LogP contribution is -2.44. The first-order valence-electron chi connectivity index (χ1n) is 11.5. The van der Waals surface area contributed by atoms with E-state index in [4.69, 9.17) is 9.47 Å². The molecule has 2 aliphatic heterocycles. The van der Waals surface area contributed by atoms with Gasteiger partial charge in [0.1, 0.15) is 0 Å². The van der Waals surface area contributed by atoms with E-state index in [1.54, 1.807) is 11.0 Å². The Morgan fingerprint density at radius 1 is 1.22 bits per heavy atom. The summed E-state index contributed by atoms with van der Waals surface area (Å²) in [5, 5.41) is 0.176. The molecule has 0 radical (unpaired) electrons. The van der Waals surface area contributed by atoms with Gasteiger partial charge in [-0.05, 0) is 30.7 Å². The van der Waals surface area contributed by atoms with Crippen LogP contribution in [-0.2, 0) is 16.0 Å². The van der Waals surface area contributed by atoms with Crippen LogP contribution in [0.2, 0.25) is 0 Å². The van der Waals surface area contributed by atoms with Crippen molar-refractivity contribution < 1.29 is 14.3 Å². The van der Waals surface area contributed by atoms with Crippen LogP contribution in [0.15, 0.2) is 15.7 Å². The molecule has 1 N–H and O–H groups in total. The zero-order valence-corrected chi connectivity index (χ0v) is 19.2. The molecular weight excluding hydrogens is 412 g/mol. The maximum absolute atomic E-state index is 13.7. The lowest BCUT2D eigenvalue weighted by atomic mass is 9.96. The molecule has 0 saturated carbocycles. The second kappa shape index (κ2) is 9.15. The molecule has 0 spiro atoms. The number of amides is 1. The van der Waals surface area contributed by atoms with Crippen molar-refractivity contribution in [3.8, 4) is 0 Å². The minimum Gasteiger partial charge on any atom is -0.350 e. The minimum atomic E-state index is -0.577. The van der Waals surface area contributed by atoms with Gasteiger partial charge in [0.05, 0.1) is 24.2 Å². The summed E-state index contributed by atoms with van der Waals surface area (Å²) in [6.07, 6.45) is 1.48. The highest BCUT2D eigenvalue weighted by molar-refractivity contribution is 6.05. The Hall–Kier alpha value is -2.52. The van der Waals surface area contributed by atoms with Gasteiger partial charge in [-0.3, -0.25) is 19.1 Å². The molecule has 9 nitrogen and oxygen atoms in total. The molecule has 1 atom stereocenters. The van der Waals surface area contributed by atoms with Crippen LogP contribution in [0.1, 0.15) is 62.5 Å². The Labute approximate surface area is 186 Å². The van der Waals surface area contributed by atoms with Crippen LogP contribution in [-0.4, -0.2) is 57.9 Å². The third-order valence-corrected chi connectivity index (χ3v) is 6.12. The van der Waals surface area contributed by atoms with Gasteiger partial charge in [0, 0.05) is 31.2 Å². The second-order valence-corrected chi connectivity index (χ2v) is 9.48. The van der Waals surface area contributed by atoms with Crippen molar-refractivity contribution in [2.75, 3.05) is 26.3 Å². The van der Waals surface area contributed by atoms with Gasteiger partial charge >= 0.3 is 5.69 Å². The first-order chi connectivity index (χ1) is 15.3. The van der Waals surface area contributed by atoms with Gasteiger partial charge in [-0.2, -0.15) is 0 Å². The van der Waals surface area contributed by atoms with Gasteiger partial charge in [-0.1, -0.05) is 27.7 Å². The number of aromatic nitrogens is 3. The topological polar surface area (TPSA) is 107 Å². The molecule has 1 amide bonds. The Balaban J connectivity index is 1.81. The zero-order valence-electron chi connectivity index (χ0n) is 19.2. The Kier molecular flexibility index (Phi) is 6.48. The van der Waals surface area contributed by atoms with Crippen molar-refractivity contribution in [2.45, 2.75) is 59.3 Å². The highest BCUT2D eigenvalue weighted by Crippen LogP contribution is 2.27. The number of likely N-dealkylation sites (tertiary alicyclic amines) is 1. The van der Waals surface area contributed by atoms with E-state index in [1.165, 1.54) is 4.57 Å². The summed E-state index contributed by atoms with van der Waals surface area (Å²) in [6.45, 7) is 10.6. The Bertz CT molecular complexity index is 1110. The quantitative estimate of drug-likeness (QED) is 0.757. The number of hydrogen-bond acceptors (Lipinski definition) is 6. The van der Waals surface area contributed by atoms with Crippen molar-refractivity contribution in [3.05, 3.63) is 38.2 Å². The maximum Gasteiger partial charge on any atom is 0.330 e. The van der Waals surface area contributed by atoms with Gasteiger partial charge in [-0.15, -0.1) is 0 Å². The number of ether oxygens (including phenoxy) is 2. The van der Waals surface area contributed by atoms with Gasteiger partial charge in [-0.25, -0.2) is 9.78 Å². The lowest BCUT2D eigenvalue weighted by Gasteiger charge is -2.35. The standard InChI is InChI=1S/C23H32N4O5/c1-13(2)11-27-19-18(20(28)25-23(27)30)16(10-17(24-19)14(3)4)21(29)26-7-5-6-15(12-26)22-31-8-9-32-22/h10,13-15,22H,5-9,11-12H2,1-4H3,(H,25,28,30). The largest absolute Gasteiger partial charge is 0.350 e. The first kappa shape index (κ1) is 22.7. The second-order valence-electron chi connectivity index (χ2n) is 9.48. The van der Waals surface area contributed by atoms with Crippen LogP contribution in [0.4, 0.5) is 0 Å². The number of hydrogen-bond donors (Lipinski definition) is 1. The van der Waals surface area contributed by atoms with Crippen LogP contribution in [0.3, 0.4) is 0 Å². The number of nitrogens with one attached hydrogen (secondary N) is 1. The van der Waals surface area contributed by atoms with E-state index in [1.807, 2.05) is 27.7 Å². The highest BCUT2D eigenvalue weighted by atomic mass is 16.7. The van der Waals surface area contributed by atoms with Crippen LogP contribution in [0.25, 0.3) is 11.0 Å². The van der Waals surface area contributed by atoms with Crippen LogP contribution in [0, 0.1) is 11.8 Å². The van der Waals surface area contributed by atoms with Crippen LogP contribution in [0.5, 0.6) is 0 Å². The highest BCUT2D eigenvalue weighted by Gasteiger charge is 2.34. The van der Waals surface area contributed by atoms with Crippen molar-refractivity contribution in [1.82, 2.24) is 19.4 Å². The molecule has 4 rings (SSSR count). The molecular formula is C23H32N4O5. The molecule has 2 aliphatic rings. The maximum atomic E-state index is 13.7. The van der Waals surface area contributed by atoms with E-state index in [0.29, 0.717) is 44.1 Å². The summed E-state index contributed by atoms with van der Waals surface area (Å²) in [5.74, 6) is 0.0782. The normalized spacial score (nSPS) is 20.1. The Morgan fingerprint density at radius 2 is 1.94 bits per heavy atom. The summed E-state index contributed by atoms with van der Waals surface area (Å²) in [6, 6.07) is 1.71. The lowest BCUT2D eigenvalue weighted by molar-refractivity contribution is -0.0969. The molecule has 174 valence electrons. The van der Waals surface area contributed by atoms with Gasteiger partial charge in [0.2, 0.25) is 0 Å². The number of carbonyl (C=O) groups is 1. The minimum absolute atomic E-state index is 0.0298. The van der Waals surface area contributed by atoms with E-state index in [-0.39, 0.29) is 41.0 Å². The van der Waals surface area contributed by atoms with Gasteiger partial charge in [0.25, 0.3) is 11.5 Å². The number of aromatic amines is 1. The number of H-pyrrole nitrogens is 1. The number of fused-ring (bicyclic) bond motifs is 1. The number of rotatable bonds is 5. The SMILES string of the molecule is CC(C)Cn1c(=O)[nH]c(=O)c2c(C(=O)N3CCCC(C4OCCO4)C3)cc(C(C)C)nc21. The smallest absolute Gasteiger partial charge is 0.330 e. The van der Waals surface area contributed by atoms with E-state index in [2.05, 4.69) is 9.97 Å². The molecule has 2 aromatic rings. The van der Waals surface area contributed by atoms with E-state index < -0.39 is 11.2 Å². The predicted molar refractivity (Wildman–Crippen MR) is 120 cm³/mol. The van der Waals surface area contributed by atoms with Crippen molar-refractivity contribution in [2.24, 2.45) is 11.8 Å². The summed E-state index contributed by atoms with van der Waals surface area (Å²) in [5.41, 5.74) is 0.174. The molecule has 0 aromatic carbocycles. The van der Waals surface area contributed by atoms with E-state index >= 15 is 0 Å². The fourth-order valence-electron chi connectivity index (χ4n) is 4.53. The predicted octanol–water partition coefficient (Wildman–Crippen LogP) is 2.09. The molecule has 0 bridgehead atoms. The average Bonchev–Trinajstić information content (AvgIpc) is 3.30. The zero-order chi connectivity index (χ0) is 23.0. The van der Waals surface area contributed by atoms with Crippen molar-refractivity contribution in [1.29, 1.82) is 0 Å². The average molecular weight is 445 g/mol. The fraction of sp³-hybridized carbons (Fsp3) is 0.652. The summed E-state index contributed by atoms with van der Waals surface area (Å²) >= 11 is 0. The summed E-state index contributed by atoms with van der Waals surface area (Å²) in [7, 11) is 0. The summed E-state index contributed by atoms with van der Waals surface area (Å²) < 4.78 is 12.8. The van der Waals surface area contributed by atoms with Gasteiger partial charge in [0.15, 0.2) is 11.9 Å². The summed E-state index contributed by atoms with van der Waals surface area (Å²) in [4.78, 5) is 48.0. The number of pyridine rings is 1. The third-order valence-electron chi connectivity index (χ3n) is 6.12. The molecule has 32 heavy (non-hydrogen) atoms. The van der Waals surface area contributed by atoms with Crippen LogP contribution >= 0.6 is 0 Å². The number of nitrogens with zero attached hydrogens (tertiary/aromatic N) is 3. The molecule has 4 heterocycles. The number of carbonyl (C=O) groups excluding carboxylic acids is 1. The van der Waals surface area contributed by atoms with E-state index in [9.17, 15) is 14.4 Å². The first-order valence-corrected chi connectivity index (χ1v) is 11.5. The monoisotopic (exact) mass is 444 g/mol. The Morgan fingerprint density at radius 3 is 2.59 bits per heavy atom. The molecule has 2 aromatic heterocycles. The van der Waals surface area contributed by atoms with Crippen molar-refractivity contribution in [3.63, 3.8) is 0 Å². The third kappa shape index (κ3) is 4.36. The van der Waals surface area contributed by atoms with Crippen molar-refractivity contribution >= 4 is 16.9 Å². The molecule has 2 saturated heterocycles. The molecule has 9 heteroatoms. The van der Waals surface area contributed by atoms with Gasteiger partial charge < -0.3 is 14.4 Å². The number of piperidine rings is 1. The molecule has 0 aliphatic carbocycles. The van der Waals surface area contributed by atoms with E-state index in [0.717, 1.165) is 12.8 Å². The molecule has 1 unspecified atom stereocenters. The fourth-order valence-corrected chi connectivity index (χ4v) is 4.53. The van der Waals surface area contributed by atoms with Crippen LogP contribution < -0.4 is 11.2 Å².